The molecule has 0 spiro atoms. The zero-order valence-corrected chi connectivity index (χ0v) is 12.5. The van der Waals surface area contributed by atoms with Gasteiger partial charge in [0.15, 0.2) is 0 Å². The fraction of sp³-hybridized carbons (Fsp3) is 0.353. The van der Waals surface area contributed by atoms with Crippen LogP contribution in [0.5, 0.6) is 5.88 Å². The van der Waals surface area contributed by atoms with E-state index in [-0.39, 0.29) is 12.4 Å². The van der Waals surface area contributed by atoms with Crippen LogP contribution in [0, 0.1) is 5.82 Å². The molecule has 0 aliphatic carbocycles. The van der Waals surface area contributed by atoms with Gasteiger partial charge < -0.3 is 10.1 Å². The SMILES string of the molecule is CCNCc1cc(CC)nc(OCc2ccccc2F)c1. The first-order valence-corrected chi connectivity index (χ1v) is 7.29. The highest BCUT2D eigenvalue weighted by molar-refractivity contribution is 5.26. The molecular formula is C17H21FN2O. The van der Waals surface area contributed by atoms with Gasteiger partial charge in [-0.15, -0.1) is 0 Å². The van der Waals surface area contributed by atoms with Crippen molar-refractivity contribution in [3.05, 3.63) is 59.0 Å². The van der Waals surface area contributed by atoms with Crippen LogP contribution in [0.2, 0.25) is 0 Å². The lowest BCUT2D eigenvalue weighted by Crippen LogP contribution is -2.12. The van der Waals surface area contributed by atoms with E-state index >= 15 is 0 Å². The van der Waals surface area contributed by atoms with Crippen LogP contribution in [0.15, 0.2) is 36.4 Å². The molecule has 0 saturated carbocycles. The van der Waals surface area contributed by atoms with Crippen molar-refractivity contribution >= 4 is 0 Å². The third-order valence-corrected chi connectivity index (χ3v) is 3.19. The van der Waals surface area contributed by atoms with Crippen LogP contribution in [0.4, 0.5) is 4.39 Å². The standard InChI is InChI=1S/C17H21FN2O/c1-3-15-9-13(11-19-4-2)10-17(20-15)21-12-14-7-5-6-8-16(14)18/h5-10,19H,3-4,11-12H2,1-2H3. The van der Waals surface area contributed by atoms with Crippen LogP contribution in [0.25, 0.3) is 0 Å². The van der Waals surface area contributed by atoms with Crippen molar-refractivity contribution in [2.45, 2.75) is 33.4 Å². The lowest BCUT2D eigenvalue weighted by atomic mass is 10.2. The monoisotopic (exact) mass is 288 g/mol. The Labute approximate surface area is 125 Å². The summed E-state index contributed by atoms with van der Waals surface area (Å²) in [6.45, 7) is 6.00. The van der Waals surface area contributed by atoms with E-state index in [0.29, 0.717) is 11.4 Å². The van der Waals surface area contributed by atoms with Gasteiger partial charge in [-0.1, -0.05) is 32.0 Å². The summed E-state index contributed by atoms with van der Waals surface area (Å²) in [5.41, 5.74) is 2.65. The van der Waals surface area contributed by atoms with E-state index < -0.39 is 0 Å². The highest BCUT2D eigenvalue weighted by atomic mass is 19.1. The van der Waals surface area contributed by atoms with Gasteiger partial charge >= 0.3 is 0 Å². The average molecular weight is 288 g/mol. The summed E-state index contributed by atoms with van der Waals surface area (Å²) in [7, 11) is 0. The largest absolute Gasteiger partial charge is 0.473 e. The molecule has 0 fully saturated rings. The Balaban J connectivity index is 2.09. The van der Waals surface area contributed by atoms with Crippen LogP contribution < -0.4 is 10.1 Å². The van der Waals surface area contributed by atoms with Crippen molar-refractivity contribution in [3.63, 3.8) is 0 Å². The van der Waals surface area contributed by atoms with Gasteiger partial charge in [-0.2, -0.15) is 0 Å². The van der Waals surface area contributed by atoms with Gasteiger partial charge in [0, 0.05) is 23.9 Å². The molecule has 112 valence electrons. The Morgan fingerprint density at radius 3 is 2.71 bits per heavy atom. The van der Waals surface area contributed by atoms with E-state index in [1.54, 1.807) is 18.2 Å². The Morgan fingerprint density at radius 2 is 2.00 bits per heavy atom. The second kappa shape index (κ2) is 7.74. The van der Waals surface area contributed by atoms with E-state index in [2.05, 4.69) is 30.2 Å². The number of nitrogens with one attached hydrogen (secondary N) is 1. The summed E-state index contributed by atoms with van der Waals surface area (Å²) < 4.78 is 19.2. The fourth-order valence-corrected chi connectivity index (χ4v) is 2.01. The number of aromatic nitrogens is 1. The quantitative estimate of drug-likeness (QED) is 0.847. The van der Waals surface area contributed by atoms with Crippen LogP contribution >= 0.6 is 0 Å². The van der Waals surface area contributed by atoms with E-state index in [0.717, 1.165) is 30.8 Å². The van der Waals surface area contributed by atoms with Gasteiger partial charge in [-0.25, -0.2) is 9.37 Å². The number of halogens is 1. The molecular weight excluding hydrogens is 267 g/mol. The molecule has 21 heavy (non-hydrogen) atoms. The summed E-state index contributed by atoms with van der Waals surface area (Å²) in [4.78, 5) is 4.43. The molecule has 0 atom stereocenters. The zero-order chi connectivity index (χ0) is 15.1. The summed E-state index contributed by atoms with van der Waals surface area (Å²) in [5, 5.41) is 3.28. The number of benzene rings is 1. The predicted octanol–water partition coefficient (Wildman–Crippen LogP) is 3.47. The van der Waals surface area contributed by atoms with Crippen molar-refractivity contribution in [2.24, 2.45) is 0 Å². The third-order valence-electron chi connectivity index (χ3n) is 3.19. The Hall–Kier alpha value is -1.94. The molecule has 0 saturated heterocycles. The predicted molar refractivity (Wildman–Crippen MR) is 81.7 cm³/mol. The summed E-state index contributed by atoms with van der Waals surface area (Å²) >= 11 is 0. The maximum absolute atomic E-state index is 13.6. The van der Waals surface area contributed by atoms with Crippen LogP contribution in [-0.2, 0) is 19.6 Å². The summed E-state index contributed by atoms with van der Waals surface area (Å²) in [6.07, 6.45) is 0.843. The fourth-order valence-electron chi connectivity index (χ4n) is 2.01. The van der Waals surface area contributed by atoms with Crippen LogP contribution in [0.1, 0.15) is 30.7 Å². The minimum atomic E-state index is -0.253. The number of ether oxygens (including phenoxy) is 1. The topological polar surface area (TPSA) is 34.2 Å². The molecule has 4 heteroatoms. The first-order chi connectivity index (χ1) is 10.2. The minimum absolute atomic E-state index is 0.188. The molecule has 0 aliphatic heterocycles. The molecule has 0 unspecified atom stereocenters. The minimum Gasteiger partial charge on any atom is -0.473 e. The van der Waals surface area contributed by atoms with Gasteiger partial charge in [0.25, 0.3) is 0 Å². The Morgan fingerprint density at radius 1 is 1.19 bits per heavy atom. The first-order valence-electron chi connectivity index (χ1n) is 7.29. The van der Waals surface area contributed by atoms with Gasteiger partial charge in [0.05, 0.1) is 0 Å². The molecule has 2 rings (SSSR count). The molecule has 1 heterocycles. The van der Waals surface area contributed by atoms with Crippen molar-refractivity contribution in [2.75, 3.05) is 6.54 Å². The molecule has 3 nitrogen and oxygen atoms in total. The normalized spacial score (nSPS) is 10.6. The van der Waals surface area contributed by atoms with Crippen molar-refractivity contribution in [1.82, 2.24) is 10.3 Å². The number of nitrogens with zero attached hydrogens (tertiary/aromatic N) is 1. The van der Waals surface area contributed by atoms with E-state index in [4.69, 9.17) is 4.74 Å². The highest BCUT2D eigenvalue weighted by Crippen LogP contribution is 2.16. The highest BCUT2D eigenvalue weighted by Gasteiger charge is 2.05. The van der Waals surface area contributed by atoms with E-state index in [1.807, 2.05) is 6.07 Å². The van der Waals surface area contributed by atoms with E-state index in [9.17, 15) is 4.39 Å². The second-order valence-electron chi connectivity index (χ2n) is 4.82. The Bertz CT molecular complexity index is 587. The summed E-state index contributed by atoms with van der Waals surface area (Å²) in [5.74, 6) is 0.294. The maximum Gasteiger partial charge on any atom is 0.214 e. The molecule has 0 bridgehead atoms. The second-order valence-corrected chi connectivity index (χ2v) is 4.82. The maximum atomic E-state index is 13.6. The van der Waals surface area contributed by atoms with Crippen molar-refractivity contribution in [3.8, 4) is 5.88 Å². The molecule has 0 aliphatic rings. The number of hydrogen-bond donors (Lipinski definition) is 1. The third kappa shape index (κ3) is 4.53. The number of aryl methyl sites for hydroxylation is 1. The Kier molecular flexibility index (Phi) is 5.69. The molecule has 0 radical (unpaired) electrons. The van der Waals surface area contributed by atoms with Crippen LogP contribution in [-0.4, -0.2) is 11.5 Å². The molecule has 1 N–H and O–H groups in total. The number of pyridine rings is 1. The lowest BCUT2D eigenvalue weighted by Gasteiger charge is -2.10. The van der Waals surface area contributed by atoms with E-state index in [1.165, 1.54) is 6.07 Å². The lowest BCUT2D eigenvalue weighted by molar-refractivity contribution is 0.287. The molecule has 2 aromatic rings. The number of rotatable bonds is 7. The van der Waals surface area contributed by atoms with Crippen molar-refractivity contribution in [1.29, 1.82) is 0 Å². The molecule has 0 amide bonds. The molecule has 1 aromatic heterocycles. The van der Waals surface area contributed by atoms with Crippen LogP contribution in [0.3, 0.4) is 0 Å². The van der Waals surface area contributed by atoms with Gasteiger partial charge in [0.1, 0.15) is 12.4 Å². The van der Waals surface area contributed by atoms with Gasteiger partial charge in [-0.3, -0.25) is 0 Å². The molecule has 1 aromatic carbocycles. The smallest absolute Gasteiger partial charge is 0.214 e. The average Bonchev–Trinajstić information content (AvgIpc) is 2.52. The van der Waals surface area contributed by atoms with Gasteiger partial charge in [-0.05, 0) is 30.7 Å². The summed E-state index contributed by atoms with van der Waals surface area (Å²) in [6, 6.07) is 10.6. The number of hydrogen-bond acceptors (Lipinski definition) is 3. The van der Waals surface area contributed by atoms with Gasteiger partial charge in [0.2, 0.25) is 5.88 Å². The van der Waals surface area contributed by atoms with Crippen molar-refractivity contribution < 1.29 is 9.13 Å². The first kappa shape index (κ1) is 15.4. The zero-order valence-electron chi connectivity index (χ0n) is 12.5.